The molecule has 1 saturated heterocycles. The molecule has 2 rings (SSSR count). The minimum atomic E-state index is 0.236. The number of carbonyl (C=O) groups is 1. The van der Waals surface area contributed by atoms with Crippen LogP contribution in [0.1, 0.15) is 44.9 Å². The summed E-state index contributed by atoms with van der Waals surface area (Å²) in [4.78, 5) is 16.9. The van der Waals surface area contributed by atoms with Gasteiger partial charge < -0.3 is 4.90 Å². The van der Waals surface area contributed by atoms with E-state index in [1.807, 2.05) is 0 Å². The van der Waals surface area contributed by atoms with E-state index in [1.165, 1.54) is 25.7 Å². The molecule has 2 atom stereocenters. The van der Waals surface area contributed by atoms with Crippen molar-refractivity contribution in [2.45, 2.75) is 57.0 Å². The number of ketones is 1. The lowest BCUT2D eigenvalue weighted by atomic mass is 9.99. The van der Waals surface area contributed by atoms with E-state index in [1.54, 1.807) is 0 Å². The average Bonchev–Trinajstić information content (AvgIpc) is 2.54. The van der Waals surface area contributed by atoms with E-state index in [0.717, 1.165) is 32.4 Å². The monoisotopic (exact) mass is 238 g/mol. The molecule has 0 bridgehead atoms. The Hall–Kier alpha value is -0.410. The fourth-order valence-corrected chi connectivity index (χ4v) is 3.22. The zero-order valence-corrected chi connectivity index (χ0v) is 11.3. The molecule has 2 fully saturated rings. The van der Waals surface area contributed by atoms with Crippen molar-refractivity contribution >= 4 is 5.78 Å². The second-order valence-electron chi connectivity index (χ2n) is 5.84. The molecule has 2 aliphatic rings. The van der Waals surface area contributed by atoms with Gasteiger partial charge in [0.05, 0.1) is 6.04 Å². The Bertz CT molecular complexity index is 265. The maximum atomic E-state index is 12.1. The predicted molar refractivity (Wildman–Crippen MR) is 70.2 cm³/mol. The lowest BCUT2D eigenvalue weighted by molar-refractivity contribution is -0.125. The SMILES string of the molecule is CN(C)C1CCCN(C2CCCCCC2=O)C1. The van der Waals surface area contributed by atoms with Gasteiger partial charge in [-0.1, -0.05) is 12.8 Å². The first-order valence-electron chi connectivity index (χ1n) is 7.11. The van der Waals surface area contributed by atoms with Gasteiger partial charge in [0.15, 0.2) is 0 Å². The molecule has 0 aromatic carbocycles. The third-order valence-electron chi connectivity index (χ3n) is 4.37. The fourth-order valence-electron chi connectivity index (χ4n) is 3.22. The van der Waals surface area contributed by atoms with E-state index >= 15 is 0 Å². The van der Waals surface area contributed by atoms with Crippen molar-refractivity contribution in [1.29, 1.82) is 0 Å². The highest BCUT2D eigenvalue weighted by atomic mass is 16.1. The van der Waals surface area contributed by atoms with Gasteiger partial charge in [-0.3, -0.25) is 9.69 Å². The minimum absolute atomic E-state index is 0.236. The number of nitrogens with zero attached hydrogens (tertiary/aromatic N) is 2. The number of rotatable bonds is 2. The number of Topliss-reactive ketones (excluding diaryl/α,β-unsaturated/α-hetero) is 1. The molecule has 0 aromatic heterocycles. The summed E-state index contributed by atoms with van der Waals surface area (Å²) >= 11 is 0. The van der Waals surface area contributed by atoms with Crippen LogP contribution in [0, 0.1) is 0 Å². The molecule has 0 aromatic rings. The van der Waals surface area contributed by atoms with E-state index in [0.29, 0.717) is 11.8 Å². The zero-order chi connectivity index (χ0) is 12.3. The standard InChI is InChI=1S/C14H26N2O/c1-15(2)12-7-6-10-16(11-12)13-8-4-3-5-9-14(13)17/h12-13H,3-11H2,1-2H3. The molecule has 0 N–H and O–H groups in total. The van der Waals surface area contributed by atoms with Crippen molar-refractivity contribution in [1.82, 2.24) is 9.80 Å². The lowest BCUT2D eigenvalue weighted by Gasteiger charge is -2.39. The predicted octanol–water partition coefficient (Wildman–Crippen LogP) is 1.91. The van der Waals surface area contributed by atoms with E-state index < -0.39 is 0 Å². The van der Waals surface area contributed by atoms with Crippen molar-refractivity contribution in [2.75, 3.05) is 27.2 Å². The molecule has 1 saturated carbocycles. The van der Waals surface area contributed by atoms with Gasteiger partial charge in [0, 0.05) is 19.0 Å². The van der Waals surface area contributed by atoms with Crippen molar-refractivity contribution in [3.05, 3.63) is 0 Å². The van der Waals surface area contributed by atoms with E-state index in [4.69, 9.17) is 0 Å². The molecule has 1 heterocycles. The highest BCUT2D eigenvalue weighted by Crippen LogP contribution is 2.23. The molecule has 2 unspecified atom stereocenters. The third-order valence-corrected chi connectivity index (χ3v) is 4.37. The van der Waals surface area contributed by atoms with Crippen LogP contribution in [0.25, 0.3) is 0 Å². The summed E-state index contributed by atoms with van der Waals surface area (Å²) < 4.78 is 0. The van der Waals surface area contributed by atoms with E-state index in [-0.39, 0.29) is 6.04 Å². The fraction of sp³-hybridized carbons (Fsp3) is 0.929. The van der Waals surface area contributed by atoms with Gasteiger partial charge in [0.1, 0.15) is 5.78 Å². The number of hydrogen-bond acceptors (Lipinski definition) is 3. The smallest absolute Gasteiger partial charge is 0.149 e. The highest BCUT2D eigenvalue weighted by molar-refractivity contribution is 5.84. The van der Waals surface area contributed by atoms with Crippen LogP contribution in [-0.4, -0.2) is 54.9 Å². The summed E-state index contributed by atoms with van der Waals surface area (Å²) in [5.74, 6) is 0.502. The Labute approximate surface area is 105 Å². The van der Waals surface area contributed by atoms with Gasteiger partial charge in [-0.2, -0.15) is 0 Å². The lowest BCUT2D eigenvalue weighted by Crippen LogP contribution is -2.51. The number of piperidine rings is 1. The second kappa shape index (κ2) is 5.96. The molecule has 0 spiro atoms. The van der Waals surface area contributed by atoms with Gasteiger partial charge >= 0.3 is 0 Å². The zero-order valence-electron chi connectivity index (χ0n) is 11.3. The van der Waals surface area contributed by atoms with Crippen molar-refractivity contribution in [3.8, 4) is 0 Å². The highest BCUT2D eigenvalue weighted by Gasteiger charge is 2.31. The normalized spacial score (nSPS) is 32.8. The molecule has 98 valence electrons. The summed E-state index contributed by atoms with van der Waals surface area (Å²) in [6.07, 6.45) is 8.02. The first-order chi connectivity index (χ1) is 8.18. The van der Waals surface area contributed by atoms with Crippen LogP contribution in [0.3, 0.4) is 0 Å². The van der Waals surface area contributed by atoms with Crippen LogP contribution < -0.4 is 0 Å². The molecule has 0 radical (unpaired) electrons. The summed E-state index contributed by atoms with van der Waals surface area (Å²) in [6, 6.07) is 0.875. The number of hydrogen-bond donors (Lipinski definition) is 0. The average molecular weight is 238 g/mol. The van der Waals surface area contributed by atoms with Gasteiger partial charge in [-0.15, -0.1) is 0 Å². The molecule has 0 amide bonds. The van der Waals surface area contributed by atoms with Crippen LogP contribution in [-0.2, 0) is 4.79 Å². The van der Waals surface area contributed by atoms with E-state index in [9.17, 15) is 4.79 Å². The number of likely N-dealkylation sites (tertiary alicyclic amines) is 1. The first kappa shape index (κ1) is 13.0. The molecular weight excluding hydrogens is 212 g/mol. The largest absolute Gasteiger partial charge is 0.305 e. The minimum Gasteiger partial charge on any atom is -0.305 e. The third kappa shape index (κ3) is 3.29. The second-order valence-corrected chi connectivity index (χ2v) is 5.84. The van der Waals surface area contributed by atoms with Crippen molar-refractivity contribution < 1.29 is 4.79 Å². The summed E-state index contributed by atoms with van der Waals surface area (Å²) in [7, 11) is 4.31. The molecule has 17 heavy (non-hydrogen) atoms. The topological polar surface area (TPSA) is 23.6 Å². The van der Waals surface area contributed by atoms with Gasteiger partial charge in [-0.05, 0) is 46.3 Å². The Kier molecular flexibility index (Phi) is 4.57. The quantitative estimate of drug-likeness (QED) is 0.687. The maximum absolute atomic E-state index is 12.1. The Morgan fingerprint density at radius 1 is 1.12 bits per heavy atom. The number of carbonyl (C=O) groups excluding carboxylic acids is 1. The Balaban J connectivity index is 1.97. The van der Waals surface area contributed by atoms with Crippen LogP contribution >= 0.6 is 0 Å². The van der Waals surface area contributed by atoms with Crippen LogP contribution in [0.4, 0.5) is 0 Å². The molecular formula is C14H26N2O. The molecule has 3 nitrogen and oxygen atoms in total. The van der Waals surface area contributed by atoms with Crippen LogP contribution in [0.2, 0.25) is 0 Å². The van der Waals surface area contributed by atoms with Crippen LogP contribution in [0.15, 0.2) is 0 Å². The summed E-state index contributed by atoms with van der Waals surface area (Å²) in [6.45, 7) is 2.21. The van der Waals surface area contributed by atoms with Gasteiger partial charge in [0.25, 0.3) is 0 Å². The van der Waals surface area contributed by atoms with E-state index in [2.05, 4.69) is 23.9 Å². The molecule has 1 aliphatic heterocycles. The van der Waals surface area contributed by atoms with Crippen molar-refractivity contribution in [2.24, 2.45) is 0 Å². The molecule has 3 heteroatoms. The van der Waals surface area contributed by atoms with Gasteiger partial charge in [-0.25, -0.2) is 0 Å². The Morgan fingerprint density at radius 2 is 1.94 bits per heavy atom. The van der Waals surface area contributed by atoms with Crippen molar-refractivity contribution in [3.63, 3.8) is 0 Å². The number of likely N-dealkylation sites (N-methyl/N-ethyl adjacent to an activating group) is 1. The van der Waals surface area contributed by atoms with Crippen LogP contribution in [0.5, 0.6) is 0 Å². The summed E-state index contributed by atoms with van der Waals surface area (Å²) in [5.41, 5.74) is 0. The Morgan fingerprint density at radius 3 is 2.71 bits per heavy atom. The first-order valence-corrected chi connectivity index (χ1v) is 7.11. The molecule has 1 aliphatic carbocycles. The summed E-state index contributed by atoms with van der Waals surface area (Å²) in [5, 5.41) is 0. The van der Waals surface area contributed by atoms with Gasteiger partial charge in [0.2, 0.25) is 0 Å². The maximum Gasteiger partial charge on any atom is 0.149 e.